The Kier molecular flexibility index (Phi) is 7.85. The lowest BCUT2D eigenvalue weighted by Gasteiger charge is -1.76. The summed E-state index contributed by atoms with van der Waals surface area (Å²) in [5.74, 6) is -1.99. The first-order valence-electron chi connectivity index (χ1n) is 4.43. The zero-order valence-corrected chi connectivity index (χ0v) is 8.48. The summed E-state index contributed by atoms with van der Waals surface area (Å²) in [6, 6.07) is 0. The van der Waals surface area contributed by atoms with Crippen LogP contribution in [0.4, 0.5) is 0 Å². The highest BCUT2D eigenvalue weighted by Gasteiger charge is 1.79. The highest BCUT2D eigenvalue weighted by Crippen LogP contribution is 1.83. The highest BCUT2D eigenvalue weighted by molar-refractivity contribution is 5.80. The highest BCUT2D eigenvalue weighted by atomic mass is 16.4. The van der Waals surface area contributed by atoms with E-state index in [1.165, 1.54) is 12.2 Å². The van der Waals surface area contributed by atoms with E-state index in [2.05, 4.69) is 0 Å². The molecular weight excluding hydrogens is 208 g/mol. The first-order valence-corrected chi connectivity index (χ1v) is 4.43. The third kappa shape index (κ3) is 11.6. The zero-order valence-electron chi connectivity index (χ0n) is 8.48. The molecule has 0 heterocycles. The quantitative estimate of drug-likeness (QED) is 0.530. The molecule has 0 fully saturated rings. The van der Waals surface area contributed by atoms with Crippen molar-refractivity contribution in [3.63, 3.8) is 0 Å². The van der Waals surface area contributed by atoms with E-state index in [1.807, 2.05) is 0 Å². The fourth-order valence-electron chi connectivity index (χ4n) is 0.661. The number of hydrogen-bond donors (Lipinski definition) is 2. The molecule has 0 aliphatic carbocycles. The van der Waals surface area contributed by atoms with E-state index in [-0.39, 0.29) is 0 Å². The van der Waals surface area contributed by atoms with Crippen LogP contribution in [-0.2, 0) is 9.59 Å². The van der Waals surface area contributed by atoms with Crippen molar-refractivity contribution in [2.75, 3.05) is 0 Å². The van der Waals surface area contributed by atoms with Gasteiger partial charge in [0.2, 0.25) is 0 Å². The third-order valence-electron chi connectivity index (χ3n) is 1.26. The van der Waals surface area contributed by atoms with Gasteiger partial charge >= 0.3 is 11.9 Å². The van der Waals surface area contributed by atoms with Gasteiger partial charge in [0.25, 0.3) is 0 Å². The molecule has 0 amide bonds. The fraction of sp³-hybridized carbons (Fsp3) is 0. The van der Waals surface area contributed by atoms with Crippen LogP contribution in [0, 0.1) is 0 Å². The molecule has 0 saturated carbocycles. The minimum absolute atomic E-state index is 0.993. The monoisotopic (exact) mass is 220 g/mol. The largest absolute Gasteiger partial charge is 0.478 e. The Hall–Kier alpha value is -2.36. The van der Waals surface area contributed by atoms with E-state index in [0.717, 1.165) is 12.2 Å². The molecule has 0 radical (unpaired) electrons. The molecule has 0 atom stereocenters. The second-order valence-corrected chi connectivity index (χ2v) is 2.55. The standard InChI is InChI=1S/C12H12O4/c13-11(14)9-7-5-3-1-2-4-6-8-10-12(15)16/h1-10H,(H,13,14)(H,15,16)/b2-1+,5-3+,6-4+,9-7+,10-8+. The number of rotatable bonds is 6. The Morgan fingerprint density at radius 1 is 0.562 bits per heavy atom. The smallest absolute Gasteiger partial charge is 0.328 e. The number of carbonyl (C=O) groups is 2. The molecule has 0 spiro atoms. The second kappa shape index (κ2) is 9.21. The van der Waals surface area contributed by atoms with Gasteiger partial charge in [0.1, 0.15) is 0 Å². The summed E-state index contributed by atoms with van der Waals surface area (Å²) in [5.41, 5.74) is 0. The van der Waals surface area contributed by atoms with E-state index in [1.54, 1.807) is 36.5 Å². The van der Waals surface area contributed by atoms with Gasteiger partial charge in [0.15, 0.2) is 0 Å². The van der Waals surface area contributed by atoms with Gasteiger partial charge in [-0.15, -0.1) is 0 Å². The van der Waals surface area contributed by atoms with E-state index < -0.39 is 11.9 Å². The minimum atomic E-state index is -0.993. The van der Waals surface area contributed by atoms with Crippen molar-refractivity contribution < 1.29 is 19.8 Å². The number of allylic oxidation sites excluding steroid dienone is 8. The predicted molar refractivity (Wildman–Crippen MR) is 61.0 cm³/mol. The van der Waals surface area contributed by atoms with E-state index >= 15 is 0 Å². The van der Waals surface area contributed by atoms with Gasteiger partial charge in [-0.1, -0.05) is 48.6 Å². The SMILES string of the molecule is O=C(O)/C=C/C=C/C=C/C=C/C=C/C(=O)O. The molecule has 0 bridgehead atoms. The summed E-state index contributed by atoms with van der Waals surface area (Å²) >= 11 is 0. The van der Waals surface area contributed by atoms with Gasteiger partial charge in [-0.05, 0) is 0 Å². The lowest BCUT2D eigenvalue weighted by atomic mass is 10.3. The lowest BCUT2D eigenvalue weighted by Crippen LogP contribution is -1.84. The van der Waals surface area contributed by atoms with Gasteiger partial charge < -0.3 is 10.2 Å². The summed E-state index contributed by atoms with van der Waals surface area (Å²) in [6.07, 6.45) is 14.7. The molecule has 2 N–H and O–H groups in total. The van der Waals surface area contributed by atoms with Crippen molar-refractivity contribution in [1.29, 1.82) is 0 Å². The van der Waals surface area contributed by atoms with Gasteiger partial charge in [0.05, 0.1) is 0 Å². The van der Waals surface area contributed by atoms with E-state index in [4.69, 9.17) is 10.2 Å². The van der Waals surface area contributed by atoms with Crippen molar-refractivity contribution in [1.82, 2.24) is 0 Å². The number of aliphatic carboxylic acids is 2. The van der Waals surface area contributed by atoms with Gasteiger partial charge in [-0.3, -0.25) is 0 Å². The van der Waals surface area contributed by atoms with Crippen LogP contribution >= 0.6 is 0 Å². The molecule has 0 aromatic rings. The molecular formula is C12H12O4. The molecule has 16 heavy (non-hydrogen) atoms. The van der Waals surface area contributed by atoms with Crippen LogP contribution in [0.2, 0.25) is 0 Å². The van der Waals surface area contributed by atoms with Crippen LogP contribution in [0.15, 0.2) is 60.8 Å². The van der Waals surface area contributed by atoms with Crippen LogP contribution in [-0.4, -0.2) is 22.2 Å². The molecule has 0 saturated heterocycles. The van der Waals surface area contributed by atoms with Crippen molar-refractivity contribution >= 4 is 11.9 Å². The third-order valence-corrected chi connectivity index (χ3v) is 1.26. The van der Waals surface area contributed by atoms with E-state index in [9.17, 15) is 9.59 Å². The molecule has 84 valence electrons. The van der Waals surface area contributed by atoms with Crippen LogP contribution in [0.5, 0.6) is 0 Å². The molecule has 0 aromatic heterocycles. The maximum Gasteiger partial charge on any atom is 0.328 e. The summed E-state index contributed by atoms with van der Waals surface area (Å²) in [5, 5.41) is 16.5. The summed E-state index contributed by atoms with van der Waals surface area (Å²) in [4.78, 5) is 20.1. The second-order valence-electron chi connectivity index (χ2n) is 2.55. The Morgan fingerprint density at radius 3 is 1.06 bits per heavy atom. The average Bonchev–Trinajstić information content (AvgIpc) is 2.20. The lowest BCUT2D eigenvalue weighted by molar-refractivity contribution is -0.132. The Balaban J connectivity index is 3.85. The van der Waals surface area contributed by atoms with Crippen molar-refractivity contribution in [3.05, 3.63) is 60.8 Å². The molecule has 0 unspecified atom stereocenters. The van der Waals surface area contributed by atoms with Gasteiger partial charge in [-0.2, -0.15) is 0 Å². The minimum Gasteiger partial charge on any atom is -0.478 e. The topological polar surface area (TPSA) is 74.6 Å². The van der Waals surface area contributed by atoms with Gasteiger partial charge in [-0.25, -0.2) is 9.59 Å². The normalized spacial score (nSPS) is 12.8. The average molecular weight is 220 g/mol. The summed E-state index contributed by atoms with van der Waals surface area (Å²) in [7, 11) is 0. The maximum absolute atomic E-state index is 10.1. The molecule has 0 aliphatic rings. The zero-order chi connectivity index (χ0) is 12.2. The molecule has 0 rings (SSSR count). The maximum atomic E-state index is 10.1. The van der Waals surface area contributed by atoms with Crippen molar-refractivity contribution in [2.45, 2.75) is 0 Å². The van der Waals surface area contributed by atoms with Crippen molar-refractivity contribution in [2.24, 2.45) is 0 Å². The van der Waals surface area contributed by atoms with E-state index in [0.29, 0.717) is 0 Å². The van der Waals surface area contributed by atoms with Gasteiger partial charge in [0, 0.05) is 12.2 Å². The first kappa shape index (κ1) is 13.6. The number of carboxylic acids is 2. The van der Waals surface area contributed by atoms with Crippen LogP contribution in [0.3, 0.4) is 0 Å². The molecule has 0 aromatic carbocycles. The Morgan fingerprint density at radius 2 is 0.812 bits per heavy atom. The molecule has 4 heteroatoms. The first-order chi connectivity index (χ1) is 7.63. The van der Waals surface area contributed by atoms with Crippen LogP contribution in [0.25, 0.3) is 0 Å². The number of hydrogen-bond acceptors (Lipinski definition) is 2. The predicted octanol–water partition coefficient (Wildman–Crippen LogP) is 1.94. The molecule has 0 aliphatic heterocycles. The van der Waals surface area contributed by atoms with Crippen molar-refractivity contribution in [3.8, 4) is 0 Å². The summed E-state index contributed by atoms with van der Waals surface area (Å²) in [6.45, 7) is 0. The fourth-order valence-corrected chi connectivity index (χ4v) is 0.661. The Bertz CT molecular complexity index is 334. The molecule has 4 nitrogen and oxygen atoms in total. The Labute approximate surface area is 93.2 Å². The summed E-state index contributed by atoms with van der Waals surface area (Å²) < 4.78 is 0. The van der Waals surface area contributed by atoms with Crippen LogP contribution < -0.4 is 0 Å². The van der Waals surface area contributed by atoms with Crippen LogP contribution in [0.1, 0.15) is 0 Å². The number of carboxylic acid groups (broad SMARTS) is 2.